The summed E-state index contributed by atoms with van der Waals surface area (Å²) in [7, 11) is 0. The van der Waals surface area contributed by atoms with Gasteiger partial charge >= 0.3 is 5.97 Å². The maximum absolute atomic E-state index is 10.6. The van der Waals surface area contributed by atoms with Crippen molar-refractivity contribution >= 4 is 17.7 Å². The molecule has 0 radical (unpaired) electrons. The van der Waals surface area contributed by atoms with E-state index in [1.54, 1.807) is 6.08 Å². The van der Waals surface area contributed by atoms with Crippen LogP contribution >= 0.6 is 0 Å². The van der Waals surface area contributed by atoms with E-state index in [2.05, 4.69) is 18.4 Å². The van der Waals surface area contributed by atoms with Crippen molar-refractivity contribution in [2.45, 2.75) is 13.3 Å². The minimum Gasteiger partial charge on any atom is -0.478 e. The summed E-state index contributed by atoms with van der Waals surface area (Å²) in [5.41, 5.74) is 1.95. The van der Waals surface area contributed by atoms with Crippen LogP contribution in [0.3, 0.4) is 0 Å². The Bertz CT molecular complexity index is 438. The van der Waals surface area contributed by atoms with Crippen LogP contribution in [0, 0.1) is 0 Å². The number of para-hydroxylation sites is 1. The van der Waals surface area contributed by atoms with Crippen molar-refractivity contribution in [1.29, 1.82) is 0 Å². The first-order valence-corrected chi connectivity index (χ1v) is 6.05. The van der Waals surface area contributed by atoms with E-state index in [1.807, 2.05) is 30.3 Å². The second-order valence-electron chi connectivity index (χ2n) is 3.97. The number of rotatable bonds is 7. The van der Waals surface area contributed by atoms with Crippen LogP contribution in [-0.2, 0) is 4.79 Å². The molecular formula is C15H19NO2. The second-order valence-corrected chi connectivity index (χ2v) is 3.97. The molecule has 1 aromatic carbocycles. The molecule has 0 saturated heterocycles. The molecule has 0 saturated carbocycles. The average molecular weight is 245 g/mol. The Morgan fingerprint density at radius 3 is 2.78 bits per heavy atom. The fraction of sp³-hybridized carbons (Fsp3) is 0.267. The first-order chi connectivity index (χ1) is 8.69. The Kier molecular flexibility index (Phi) is 5.71. The van der Waals surface area contributed by atoms with Crippen molar-refractivity contribution < 1.29 is 9.90 Å². The number of anilines is 1. The quantitative estimate of drug-likeness (QED) is 0.592. The summed E-state index contributed by atoms with van der Waals surface area (Å²) in [6.45, 7) is 7.55. The predicted molar refractivity (Wildman–Crippen MR) is 75.8 cm³/mol. The molecule has 0 atom stereocenters. The Labute approximate surface area is 108 Å². The highest BCUT2D eigenvalue weighted by molar-refractivity contribution is 5.87. The van der Waals surface area contributed by atoms with Gasteiger partial charge < -0.3 is 10.0 Å². The maximum atomic E-state index is 10.6. The summed E-state index contributed by atoms with van der Waals surface area (Å²) >= 11 is 0. The van der Waals surface area contributed by atoms with Crippen LogP contribution in [0.1, 0.15) is 18.9 Å². The molecule has 96 valence electrons. The van der Waals surface area contributed by atoms with Gasteiger partial charge in [-0.1, -0.05) is 31.2 Å². The van der Waals surface area contributed by atoms with E-state index in [9.17, 15) is 4.79 Å². The minimum atomic E-state index is -0.935. The Morgan fingerprint density at radius 1 is 1.44 bits per heavy atom. The number of hydrogen-bond donors (Lipinski definition) is 1. The topological polar surface area (TPSA) is 40.5 Å². The van der Waals surface area contributed by atoms with Gasteiger partial charge in [0.25, 0.3) is 0 Å². The summed E-state index contributed by atoms with van der Waals surface area (Å²) in [4.78, 5) is 12.8. The molecule has 0 aromatic heterocycles. The van der Waals surface area contributed by atoms with Crippen molar-refractivity contribution in [3.63, 3.8) is 0 Å². The fourth-order valence-electron chi connectivity index (χ4n) is 1.81. The molecule has 1 aromatic rings. The van der Waals surface area contributed by atoms with Gasteiger partial charge in [-0.05, 0) is 24.1 Å². The summed E-state index contributed by atoms with van der Waals surface area (Å²) in [6, 6.07) is 7.78. The number of nitrogens with zero attached hydrogens (tertiary/aromatic N) is 1. The normalized spacial score (nSPS) is 10.5. The van der Waals surface area contributed by atoms with Crippen molar-refractivity contribution in [2.75, 3.05) is 18.0 Å². The highest BCUT2D eigenvalue weighted by Gasteiger charge is 2.07. The predicted octanol–water partition coefficient (Wildman–Crippen LogP) is 3.19. The van der Waals surface area contributed by atoms with E-state index in [0.29, 0.717) is 0 Å². The van der Waals surface area contributed by atoms with Crippen LogP contribution in [0.4, 0.5) is 5.69 Å². The van der Waals surface area contributed by atoms with E-state index in [-0.39, 0.29) is 0 Å². The van der Waals surface area contributed by atoms with Gasteiger partial charge in [-0.2, -0.15) is 0 Å². The summed E-state index contributed by atoms with van der Waals surface area (Å²) in [5, 5.41) is 8.69. The molecule has 0 bridgehead atoms. The van der Waals surface area contributed by atoms with Crippen molar-refractivity contribution in [3.8, 4) is 0 Å². The van der Waals surface area contributed by atoms with E-state index >= 15 is 0 Å². The summed E-state index contributed by atoms with van der Waals surface area (Å²) in [6.07, 6.45) is 5.68. The third-order valence-electron chi connectivity index (χ3n) is 2.53. The highest BCUT2D eigenvalue weighted by atomic mass is 16.4. The van der Waals surface area contributed by atoms with Gasteiger partial charge in [-0.15, -0.1) is 6.58 Å². The zero-order valence-electron chi connectivity index (χ0n) is 10.7. The molecule has 1 N–H and O–H groups in total. The Morgan fingerprint density at radius 2 is 2.17 bits per heavy atom. The molecule has 3 nitrogen and oxygen atoms in total. The molecule has 18 heavy (non-hydrogen) atoms. The Balaban J connectivity index is 3.04. The van der Waals surface area contributed by atoms with Gasteiger partial charge in [0, 0.05) is 24.9 Å². The first-order valence-electron chi connectivity index (χ1n) is 6.05. The molecule has 0 aliphatic carbocycles. The van der Waals surface area contributed by atoms with Gasteiger partial charge in [0.15, 0.2) is 0 Å². The van der Waals surface area contributed by atoms with Crippen LogP contribution in [0.25, 0.3) is 6.08 Å². The largest absolute Gasteiger partial charge is 0.478 e. The molecule has 0 aliphatic rings. The van der Waals surface area contributed by atoms with Gasteiger partial charge in [-0.3, -0.25) is 0 Å². The average Bonchev–Trinajstić information content (AvgIpc) is 2.36. The van der Waals surface area contributed by atoms with Crippen molar-refractivity contribution in [3.05, 3.63) is 48.6 Å². The molecule has 0 spiro atoms. The van der Waals surface area contributed by atoms with E-state index < -0.39 is 5.97 Å². The molecule has 0 amide bonds. The molecule has 0 unspecified atom stereocenters. The van der Waals surface area contributed by atoms with Gasteiger partial charge in [0.2, 0.25) is 0 Å². The number of carboxylic acid groups (broad SMARTS) is 1. The third-order valence-corrected chi connectivity index (χ3v) is 2.53. The SMILES string of the molecule is C=CCN(CCC)c1ccccc1/C=C/C(=O)O. The number of aliphatic carboxylic acids is 1. The molecule has 0 fully saturated rings. The molecule has 0 aliphatic heterocycles. The standard InChI is InChI=1S/C15H19NO2/c1-3-11-16(12-4-2)14-8-6-5-7-13(14)9-10-15(17)18/h3,5-10H,1,4,11-12H2,2H3,(H,17,18)/b10-9+. The van der Waals surface area contributed by atoms with Crippen molar-refractivity contribution in [2.24, 2.45) is 0 Å². The summed E-state index contributed by atoms with van der Waals surface area (Å²) in [5.74, 6) is -0.935. The van der Waals surface area contributed by atoms with Gasteiger partial charge in [-0.25, -0.2) is 4.79 Å². The summed E-state index contributed by atoms with van der Waals surface area (Å²) < 4.78 is 0. The Hall–Kier alpha value is -2.03. The van der Waals surface area contributed by atoms with E-state index in [1.165, 1.54) is 0 Å². The van der Waals surface area contributed by atoms with Crippen LogP contribution in [0.2, 0.25) is 0 Å². The lowest BCUT2D eigenvalue weighted by molar-refractivity contribution is -0.131. The zero-order chi connectivity index (χ0) is 13.4. The van der Waals surface area contributed by atoms with Gasteiger partial charge in [0.1, 0.15) is 0 Å². The van der Waals surface area contributed by atoms with Crippen molar-refractivity contribution in [1.82, 2.24) is 0 Å². The van der Waals surface area contributed by atoms with Crippen LogP contribution in [-0.4, -0.2) is 24.2 Å². The van der Waals surface area contributed by atoms with E-state index in [0.717, 1.165) is 36.8 Å². The van der Waals surface area contributed by atoms with E-state index in [4.69, 9.17) is 5.11 Å². The molecular weight excluding hydrogens is 226 g/mol. The lowest BCUT2D eigenvalue weighted by Gasteiger charge is -2.24. The van der Waals surface area contributed by atoms with Crippen LogP contribution < -0.4 is 4.90 Å². The molecule has 3 heteroatoms. The lowest BCUT2D eigenvalue weighted by atomic mass is 10.1. The molecule has 1 rings (SSSR count). The fourth-order valence-corrected chi connectivity index (χ4v) is 1.81. The monoisotopic (exact) mass is 245 g/mol. The van der Waals surface area contributed by atoms with Crippen LogP contribution in [0.5, 0.6) is 0 Å². The zero-order valence-corrected chi connectivity index (χ0v) is 10.7. The highest BCUT2D eigenvalue weighted by Crippen LogP contribution is 2.22. The van der Waals surface area contributed by atoms with Crippen LogP contribution in [0.15, 0.2) is 43.0 Å². The number of benzene rings is 1. The lowest BCUT2D eigenvalue weighted by Crippen LogP contribution is -2.24. The number of carboxylic acids is 1. The minimum absolute atomic E-state index is 0.756. The third kappa shape index (κ3) is 4.09. The second kappa shape index (κ2) is 7.33. The smallest absolute Gasteiger partial charge is 0.328 e. The number of carbonyl (C=O) groups is 1. The van der Waals surface area contributed by atoms with Gasteiger partial charge in [0.05, 0.1) is 0 Å². The number of hydrogen-bond acceptors (Lipinski definition) is 2. The maximum Gasteiger partial charge on any atom is 0.328 e. The molecule has 0 heterocycles. The first kappa shape index (κ1) is 14.0.